The number of amides is 1. The van der Waals surface area contributed by atoms with Crippen LogP contribution in [-0.4, -0.2) is 67.2 Å². The van der Waals surface area contributed by atoms with Crippen molar-refractivity contribution >= 4 is 11.6 Å². The fourth-order valence-corrected chi connectivity index (χ4v) is 4.87. The second-order valence-electron chi connectivity index (χ2n) is 8.78. The Balaban J connectivity index is 1.82. The zero-order chi connectivity index (χ0) is 22.4. The quantitative estimate of drug-likeness (QED) is 0.463. The van der Waals surface area contributed by atoms with Crippen LogP contribution < -0.4 is 10.1 Å². The monoisotopic (exact) mass is 431 g/mol. The van der Waals surface area contributed by atoms with Gasteiger partial charge in [0.15, 0.2) is 0 Å². The minimum atomic E-state index is -0.490. The van der Waals surface area contributed by atoms with E-state index in [1.165, 1.54) is 0 Å². The molecule has 2 unspecified atom stereocenters. The number of hydrogen-bond donors (Lipinski definition) is 2. The zero-order valence-electron chi connectivity index (χ0n) is 19.3. The number of benzene rings is 1. The van der Waals surface area contributed by atoms with Gasteiger partial charge in [-0.15, -0.1) is 0 Å². The Bertz CT molecular complexity index is 770. The van der Waals surface area contributed by atoms with Gasteiger partial charge < -0.3 is 20.0 Å². The number of oxime groups is 1. The van der Waals surface area contributed by atoms with E-state index < -0.39 is 5.92 Å². The molecule has 7 nitrogen and oxygen atoms in total. The van der Waals surface area contributed by atoms with E-state index in [4.69, 9.17) is 9.47 Å². The second-order valence-corrected chi connectivity index (χ2v) is 8.78. The number of morpholine rings is 1. The first-order valence-corrected chi connectivity index (χ1v) is 11.6. The molecular formula is C24H37N3O4. The largest absolute Gasteiger partial charge is 0.492 e. The molecule has 1 aromatic rings. The van der Waals surface area contributed by atoms with Gasteiger partial charge in [-0.05, 0) is 37.5 Å². The molecule has 172 valence electrons. The molecule has 1 saturated heterocycles. The summed E-state index contributed by atoms with van der Waals surface area (Å²) in [6.07, 6.45) is 1.92. The molecule has 2 N–H and O–H groups in total. The van der Waals surface area contributed by atoms with Crippen LogP contribution in [0.25, 0.3) is 0 Å². The predicted octanol–water partition coefficient (Wildman–Crippen LogP) is 3.25. The molecule has 1 heterocycles. The summed E-state index contributed by atoms with van der Waals surface area (Å²) in [5.74, 6) is 0.494. The van der Waals surface area contributed by atoms with Crippen molar-refractivity contribution in [2.24, 2.45) is 17.0 Å². The average molecular weight is 432 g/mol. The van der Waals surface area contributed by atoms with Gasteiger partial charge in [-0.1, -0.05) is 37.9 Å². The minimum Gasteiger partial charge on any atom is -0.492 e. The molecule has 0 aromatic heterocycles. The zero-order valence-corrected chi connectivity index (χ0v) is 19.3. The molecule has 0 spiro atoms. The van der Waals surface area contributed by atoms with Crippen LogP contribution in [0.1, 0.15) is 57.6 Å². The van der Waals surface area contributed by atoms with Crippen LogP contribution in [0.4, 0.5) is 0 Å². The van der Waals surface area contributed by atoms with Gasteiger partial charge in [-0.3, -0.25) is 9.69 Å². The Labute approximate surface area is 185 Å². The van der Waals surface area contributed by atoms with E-state index in [1.807, 2.05) is 26.0 Å². The molecule has 1 aliphatic carbocycles. The maximum Gasteiger partial charge on any atom is 0.230 e. The van der Waals surface area contributed by atoms with Gasteiger partial charge in [-0.2, -0.15) is 0 Å². The molecule has 31 heavy (non-hydrogen) atoms. The summed E-state index contributed by atoms with van der Waals surface area (Å²) in [5.41, 5.74) is 2.35. The molecule has 2 aliphatic rings. The van der Waals surface area contributed by atoms with Crippen molar-refractivity contribution in [3.05, 3.63) is 29.3 Å². The van der Waals surface area contributed by atoms with Crippen LogP contribution in [-0.2, 0) is 9.53 Å². The van der Waals surface area contributed by atoms with E-state index in [1.54, 1.807) is 0 Å². The molecule has 7 heteroatoms. The second kappa shape index (κ2) is 11.0. The lowest BCUT2D eigenvalue weighted by Crippen LogP contribution is -2.41. The molecule has 1 fully saturated rings. The molecule has 1 aromatic carbocycles. The summed E-state index contributed by atoms with van der Waals surface area (Å²) in [6.45, 7) is 13.0. The lowest BCUT2D eigenvalue weighted by Gasteiger charge is -2.27. The van der Waals surface area contributed by atoms with E-state index in [0.717, 1.165) is 62.6 Å². The lowest BCUT2D eigenvalue weighted by atomic mass is 9.77. The summed E-state index contributed by atoms with van der Waals surface area (Å²) in [7, 11) is 0. The minimum absolute atomic E-state index is 0.00273. The van der Waals surface area contributed by atoms with Gasteiger partial charge in [0, 0.05) is 37.2 Å². The van der Waals surface area contributed by atoms with Crippen molar-refractivity contribution in [1.82, 2.24) is 10.2 Å². The van der Waals surface area contributed by atoms with E-state index in [9.17, 15) is 10.0 Å². The highest BCUT2D eigenvalue weighted by Gasteiger charge is 2.45. The summed E-state index contributed by atoms with van der Waals surface area (Å²) < 4.78 is 11.4. The highest BCUT2D eigenvalue weighted by molar-refractivity contribution is 6.17. The Kier molecular flexibility index (Phi) is 8.32. The Morgan fingerprint density at radius 1 is 1.29 bits per heavy atom. The van der Waals surface area contributed by atoms with Gasteiger partial charge >= 0.3 is 0 Å². The third-order valence-corrected chi connectivity index (χ3v) is 6.47. The van der Waals surface area contributed by atoms with Crippen molar-refractivity contribution in [3.8, 4) is 5.75 Å². The fourth-order valence-electron chi connectivity index (χ4n) is 4.87. The number of rotatable bonds is 9. The van der Waals surface area contributed by atoms with Crippen LogP contribution >= 0.6 is 0 Å². The predicted molar refractivity (Wildman–Crippen MR) is 121 cm³/mol. The van der Waals surface area contributed by atoms with Crippen LogP contribution in [0.3, 0.4) is 0 Å². The topological polar surface area (TPSA) is 83.4 Å². The first-order chi connectivity index (χ1) is 15.0. The Morgan fingerprint density at radius 3 is 2.61 bits per heavy atom. The number of hydrogen-bond acceptors (Lipinski definition) is 6. The van der Waals surface area contributed by atoms with Gasteiger partial charge in [0.25, 0.3) is 0 Å². The third-order valence-electron chi connectivity index (χ3n) is 6.47. The van der Waals surface area contributed by atoms with E-state index in [2.05, 4.69) is 35.3 Å². The van der Waals surface area contributed by atoms with Gasteiger partial charge in [0.2, 0.25) is 5.91 Å². The number of carbonyl (C=O) groups excluding carboxylic acids is 1. The van der Waals surface area contributed by atoms with Crippen molar-refractivity contribution in [1.29, 1.82) is 0 Å². The Morgan fingerprint density at radius 2 is 2.00 bits per heavy atom. The first-order valence-electron chi connectivity index (χ1n) is 11.6. The highest BCUT2D eigenvalue weighted by Crippen LogP contribution is 2.46. The van der Waals surface area contributed by atoms with Gasteiger partial charge in [0.1, 0.15) is 18.1 Å². The Hall–Kier alpha value is -2.12. The van der Waals surface area contributed by atoms with E-state index in [0.29, 0.717) is 18.2 Å². The maximum absolute atomic E-state index is 13.1. The van der Waals surface area contributed by atoms with Crippen molar-refractivity contribution in [2.45, 2.75) is 52.5 Å². The van der Waals surface area contributed by atoms with Gasteiger partial charge in [-0.25, -0.2) is 0 Å². The van der Waals surface area contributed by atoms with Gasteiger partial charge in [0.05, 0.1) is 19.1 Å². The molecule has 1 aliphatic heterocycles. The number of nitrogens with zero attached hydrogens (tertiary/aromatic N) is 2. The summed E-state index contributed by atoms with van der Waals surface area (Å²) in [5, 5.41) is 16.5. The maximum atomic E-state index is 13.1. The molecular weight excluding hydrogens is 394 g/mol. The lowest BCUT2D eigenvalue weighted by molar-refractivity contribution is -0.124. The number of ether oxygens (including phenoxy) is 2. The number of nitrogens with one attached hydrogen (secondary N) is 1. The normalized spacial score (nSPS) is 22.8. The number of fused-ring (bicyclic) bond motifs is 1. The summed E-state index contributed by atoms with van der Waals surface area (Å²) in [6, 6.07) is 5.99. The molecule has 1 amide bonds. The van der Waals surface area contributed by atoms with Crippen LogP contribution in [0.15, 0.2) is 23.4 Å². The van der Waals surface area contributed by atoms with Crippen LogP contribution in [0, 0.1) is 11.8 Å². The van der Waals surface area contributed by atoms with Crippen LogP contribution in [0.5, 0.6) is 5.75 Å². The molecule has 0 bridgehead atoms. The van der Waals surface area contributed by atoms with Crippen molar-refractivity contribution in [3.63, 3.8) is 0 Å². The summed E-state index contributed by atoms with van der Waals surface area (Å²) in [4.78, 5) is 15.4. The summed E-state index contributed by atoms with van der Waals surface area (Å²) >= 11 is 0. The third kappa shape index (κ3) is 5.39. The fraction of sp³-hybridized carbons (Fsp3) is 0.667. The SMILES string of the molecule is CCC(CC)C1c2ccc(OCCN3CCOCC3)cc2/C(=N\O)C1C(=O)NC(C)C. The molecule has 0 radical (unpaired) electrons. The smallest absolute Gasteiger partial charge is 0.230 e. The van der Waals surface area contributed by atoms with Crippen molar-refractivity contribution in [2.75, 3.05) is 39.5 Å². The highest BCUT2D eigenvalue weighted by atomic mass is 16.5. The number of carbonyl (C=O) groups is 1. The first kappa shape index (κ1) is 23.5. The average Bonchev–Trinajstić information content (AvgIpc) is 3.09. The van der Waals surface area contributed by atoms with E-state index in [-0.39, 0.29) is 17.9 Å². The standard InChI is InChI=1S/C24H37N3O4/c1-5-17(6-2)21-19-8-7-18(31-14-11-27-9-12-30-13-10-27)15-20(19)23(26-29)22(21)24(28)25-16(3)4/h7-8,15-17,21-22,29H,5-6,9-14H2,1-4H3,(H,25,28)/b26-23+. The molecule has 2 atom stereocenters. The van der Waals surface area contributed by atoms with E-state index >= 15 is 0 Å². The molecule has 3 rings (SSSR count). The molecule has 0 saturated carbocycles. The van der Waals surface area contributed by atoms with Crippen LogP contribution in [0.2, 0.25) is 0 Å². The van der Waals surface area contributed by atoms with Crippen molar-refractivity contribution < 1.29 is 19.5 Å².